The summed E-state index contributed by atoms with van der Waals surface area (Å²) in [7, 11) is 0. The van der Waals surface area contributed by atoms with E-state index in [4.69, 9.17) is 11.6 Å². The molecule has 2 saturated heterocycles. The lowest BCUT2D eigenvalue weighted by Crippen LogP contribution is -2.54. The highest BCUT2D eigenvalue weighted by Gasteiger charge is 2.38. The average Bonchev–Trinajstić information content (AvgIpc) is 3.25. The fourth-order valence-corrected chi connectivity index (χ4v) is 5.05. The Bertz CT molecular complexity index is 854. The van der Waals surface area contributed by atoms with Crippen LogP contribution in [0.1, 0.15) is 15.9 Å². The van der Waals surface area contributed by atoms with E-state index in [1.807, 2.05) is 59.5 Å². The molecule has 29 heavy (non-hydrogen) atoms. The van der Waals surface area contributed by atoms with E-state index < -0.39 is 0 Å². The van der Waals surface area contributed by atoms with Gasteiger partial charge >= 0.3 is 0 Å². The van der Waals surface area contributed by atoms with Crippen LogP contribution in [0.2, 0.25) is 5.02 Å². The Morgan fingerprint density at radius 1 is 0.966 bits per heavy atom. The van der Waals surface area contributed by atoms with Gasteiger partial charge in [0.15, 0.2) is 0 Å². The van der Waals surface area contributed by atoms with Crippen molar-refractivity contribution < 1.29 is 9.59 Å². The van der Waals surface area contributed by atoms with Crippen LogP contribution in [0.3, 0.4) is 0 Å². The van der Waals surface area contributed by atoms with Gasteiger partial charge in [-0.1, -0.05) is 41.9 Å². The van der Waals surface area contributed by atoms with Gasteiger partial charge in [-0.05, 0) is 29.8 Å². The summed E-state index contributed by atoms with van der Waals surface area (Å²) in [5.74, 6) is 1.25. The molecule has 2 aromatic carbocycles. The Hall–Kier alpha value is -2.02. The number of benzene rings is 2. The minimum atomic E-state index is -0.365. The fraction of sp³-hybridized carbons (Fsp3) is 0.364. The Balaban J connectivity index is 1.34. The molecule has 0 radical (unpaired) electrons. The first-order valence-electron chi connectivity index (χ1n) is 9.81. The summed E-state index contributed by atoms with van der Waals surface area (Å²) in [6.45, 7) is 3.92. The molecule has 5 nitrogen and oxygen atoms in total. The number of thioether (sulfide) groups is 1. The normalized spacial score (nSPS) is 20.1. The second-order valence-corrected chi connectivity index (χ2v) is 8.82. The molecule has 0 aliphatic carbocycles. The fourth-order valence-electron chi connectivity index (χ4n) is 3.78. The van der Waals surface area contributed by atoms with Gasteiger partial charge in [-0.2, -0.15) is 0 Å². The molecule has 2 aliphatic rings. The Kier molecular flexibility index (Phi) is 6.43. The Morgan fingerprint density at radius 3 is 2.34 bits per heavy atom. The number of halogens is 1. The van der Waals surface area contributed by atoms with Crippen LogP contribution < -0.4 is 0 Å². The number of hydrogen-bond donors (Lipinski definition) is 0. The quantitative estimate of drug-likeness (QED) is 0.748. The van der Waals surface area contributed by atoms with Crippen LogP contribution in [0.4, 0.5) is 0 Å². The summed E-state index contributed by atoms with van der Waals surface area (Å²) in [5.41, 5.74) is 1.86. The number of carbonyl (C=O) groups excluding carboxylic acids is 2. The van der Waals surface area contributed by atoms with Crippen LogP contribution >= 0.6 is 23.4 Å². The molecule has 0 N–H and O–H groups in total. The summed E-state index contributed by atoms with van der Waals surface area (Å²) in [6.07, 6.45) is 0. The number of hydrogen-bond acceptors (Lipinski definition) is 4. The van der Waals surface area contributed by atoms with Crippen LogP contribution in [0, 0.1) is 0 Å². The zero-order valence-corrected chi connectivity index (χ0v) is 17.7. The molecular weight excluding hydrogens is 406 g/mol. The van der Waals surface area contributed by atoms with Gasteiger partial charge in [-0.3, -0.25) is 14.5 Å². The molecule has 0 saturated carbocycles. The molecule has 2 aliphatic heterocycles. The predicted molar refractivity (Wildman–Crippen MR) is 117 cm³/mol. The van der Waals surface area contributed by atoms with E-state index in [1.165, 1.54) is 5.56 Å². The van der Waals surface area contributed by atoms with Crippen molar-refractivity contribution in [3.63, 3.8) is 0 Å². The molecule has 0 bridgehead atoms. The summed E-state index contributed by atoms with van der Waals surface area (Å²) in [6, 6.07) is 16.8. The van der Waals surface area contributed by atoms with Gasteiger partial charge in [-0.15, -0.1) is 11.8 Å². The number of rotatable bonds is 4. The van der Waals surface area contributed by atoms with Crippen molar-refractivity contribution in [3.05, 3.63) is 70.7 Å². The van der Waals surface area contributed by atoms with E-state index in [0.29, 0.717) is 30.3 Å². The van der Waals surface area contributed by atoms with Gasteiger partial charge in [0, 0.05) is 49.1 Å². The second-order valence-electron chi connectivity index (χ2n) is 7.38. The lowest BCUT2D eigenvalue weighted by molar-refractivity contribution is -0.136. The molecule has 1 atom stereocenters. The molecule has 4 rings (SSSR count). The van der Waals surface area contributed by atoms with Crippen molar-refractivity contribution in [2.24, 2.45) is 0 Å². The third kappa shape index (κ3) is 4.77. The Morgan fingerprint density at radius 2 is 1.66 bits per heavy atom. The zero-order valence-electron chi connectivity index (χ0n) is 16.2. The highest BCUT2D eigenvalue weighted by atomic mass is 35.5. The molecule has 2 heterocycles. The van der Waals surface area contributed by atoms with E-state index in [-0.39, 0.29) is 17.9 Å². The van der Waals surface area contributed by atoms with Gasteiger partial charge in [0.05, 0.1) is 5.88 Å². The first kappa shape index (κ1) is 20.3. The maximum Gasteiger partial charge on any atom is 0.255 e. The molecule has 2 amide bonds. The predicted octanol–water partition coefficient (Wildman–Crippen LogP) is 3.20. The van der Waals surface area contributed by atoms with E-state index in [0.717, 1.165) is 24.7 Å². The summed E-state index contributed by atoms with van der Waals surface area (Å²) in [4.78, 5) is 32.0. The highest BCUT2D eigenvalue weighted by Crippen LogP contribution is 2.25. The average molecular weight is 430 g/mol. The third-order valence-electron chi connectivity index (χ3n) is 5.45. The first-order chi connectivity index (χ1) is 14.1. The van der Waals surface area contributed by atoms with Crippen molar-refractivity contribution in [2.45, 2.75) is 12.6 Å². The molecular formula is C22H24ClN3O2S. The molecule has 1 unspecified atom stereocenters. The number of nitrogens with zero attached hydrogens (tertiary/aromatic N) is 3. The Labute approximate surface area is 180 Å². The lowest BCUT2D eigenvalue weighted by atomic mass is 10.1. The maximum absolute atomic E-state index is 13.1. The van der Waals surface area contributed by atoms with E-state index >= 15 is 0 Å². The topological polar surface area (TPSA) is 43.9 Å². The van der Waals surface area contributed by atoms with Crippen molar-refractivity contribution in [3.8, 4) is 0 Å². The molecule has 0 spiro atoms. The van der Waals surface area contributed by atoms with Crippen LogP contribution in [0.15, 0.2) is 54.6 Å². The lowest BCUT2D eigenvalue weighted by Gasteiger charge is -2.37. The van der Waals surface area contributed by atoms with Crippen molar-refractivity contribution in [1.82, 2.24) is 14.7 Å². The molecule has 0 aromatic heterocycles. The van der Waals surface area contributed by atoms with Crippen molar-refractivity contribution >= 4 is 35.2 Å². The van der Waals surface area contributed by atoms with E-state index in [9.17, 15) is 9.59 Å². The third-order valence-corrected chi connectivity index (χ3v) is 6.72. The van der Waals surface area contributed by atoms with Gasteiger partial charge in [0.25, 0.3) is 5.91 Å². The summed E-state index contributed by atoms with van der Waals surface area (Å²) in [5, 5.41) is 0.744. The molecule has 152 valence electrons. The first-order valence-corrected chi connectivity index (χ1v) is 11.3. The summed E-state index contributed by atoms with van der Waals surface area (Å²) < 4.78 is 0. The standard InChI is InChI=1S/C22H24ClN3O2S/c23-19-8-6-17(7-9-19)14-24-10-12-25(13-11-24)22(28)20-15-29-16-26(20)21(27)18-4-2-1-3-5-18/h1-9,20H,10-16H2. The minimum absolute atomic E-state index is 0.0599. The van der Waals surface area contributed by atoms with Crippen LogP contribution in [0.5, 0.6) is 0 Å². The highest BCUT2D eigenvalue weighted by molar-refractivity contribution is 7.99. The smallest absolute Gasteiger partial charge is 0.255 e. The van der Waals surface area contributed by atoms with Gasteiger partial charge in [0.1, 0.15) is 6.04 Å². The number of piperazine rings is 1. The van der Waals surface area contributed by atoms with Crippen LogP contribution in [-0.4, -0.2) is 70.4 Å². The SMILES string of the molecule is O=C(C1CSCN1C(=O)c1ccccc1)N1CCN(Cc2ccc(Cl)cc2)CC1. The molecule has 7 heteroatoms. The van der Waals surface area contributed by atoms with Gasteiger partial charge < -0.3 is 9.80 Å². The van der Waals surface area contributed by atoms with Crippen molar-refractivity contribution in [1.29, 1.82) is 0 Å². The minimum Gasteiger partial charge on any atom is -0.338 e. The van der Waals surface area contributed by atoms with Crippen LogP contribution in [0.25, 0.3) is 0 Å². The second kappa shape index (κ2) is 9.20. The summed E-state index contributed by atoms with van der Waals surface area (Å²) >= 11 is 7.60. The van der Waals surface area contributed by atoms with Gasteiger partial charge in [0.2, 0.25) is 5.91 Å². The number of amides is 2. The molecule has 2 aromatic rings. The maximum atomic E-state index is 13.1. The van der Waals surface area contributed by atoms with Gasteiger partial charge in [-0.25, -0.2) is 0 Å². The zero-order chi connectivity index (χ0) is 20.2. The largest absolute Gasteiger partial charge is 0.338 e. The van der Waals surface area contributed by atoms with E-state index in [2.05, 4.69) is 4.90 Å². The molecule has 2 fully saturated rings. The monoisotopic (exact) mass is 429 g/mol. The van der Waals surface area contributed by atoms with Crippen molar-refractivity contribution in [2.75, 3.05) is 37.8 Å². The van der Waals surface area contributed by atoms with E-state index in [1.54, 1.807) is 16.7 Å². The number of carbonyl (C=O) groups is 2. The van der Waals surface area contributed by atoms with Crippen LogP contribution in [-0.2, 0) is 11.3 Å².